The summed E-state index contributed by atoms with van der Waals surface area (Å²) in [6, 6.07) is 5.74. The number of nitrogens with zero attached hydrogens (tertiary/aromatic N) is 4. The predicted molar refractivity (Wildman–Crippen MR) is 78.2 cm³/mol. The van der Waals surface area contributed by atoms with Crippen LogP contribution in [0, 0.1) is 0 Å². The molecular weight excluding hydrogens is 290 g/mol. The van der Waals surface area contributed by atoms with Gasteiger partial charge in [-0.15, -0.1) is 5.10 Å². The van der Waals surface area contributed by atoms with Gasteiger partial charge in [-0.3, -0.25) is 4.31 Å². The van der Waals surface area contributed by atoms with Crippen LogP contribution in [0.4, 0.5) is 5.69 Å². The van der Waals surface area contributed by atoms with Gasteiger partial charge in [-0.1, -0.05) is 23.4 Å². The molecule has 1 aromatic heterocycles. The number of benzene rings is 1. The van der Waals surface area contributed by atoms with Crippen LogP contribution >= 0.6 is 0 Å². The van der Waals surface area contributed by atoms with E-state index in [1.54, 1.807) is 7.05 Å². The second kappa shape index (κ2) is 5.12. The molecular formula is C13H17N5O2S. The van der Waals surface area contributed by atoms with E-state index in [1.807, 2.05) is 18.2 Å². The smallest absolute Gasteiger partial charge is 0.283 e. The molecule has 2 aromatic rings. The quantitative estimate of drug-likeness (QED) is 0.886. The zero-order valence-electron chi connectivity index (χ0n) is 11.7. The zero-order chi connectivity index (χ0) is 15.0. The molecule has 3 rings (SSSR count). The van der Waals surface area contributed by atoms with E-state index in [4.69, 9.17) is 5.73 Å². The van der Waals surface area contributed by atoms with Gasteiger partial charge in [-0.25, -0.2) is 4.68 Å². The second-order valence-electron chi connectivity index (χ2n) is 5.01. The Kier molecular flexibility index (Phi) is 3.42. The number of hydrogen-bond donors (Lipinski definition) is 1. The molecule has 1 aliphatic rings. The molecule has 0 atom stereocenters. The maximum absolute atomic E-state index is 12.9. The first kappa shape index (κ1) is 14.0. The Labute approximate surface area is 123 Å². The summed E-state index contributed by atoms with van der Waals surface area (Å²) in [6.45, 7) is 0.746. The van der Waals surface area contributed by atoms with Crippen LogP contribution in [0.2, 0.25) is 0 Å². The first-order valence-corrected chi connectivity index (χ1v) is 8.18. The molecule has 0 bridgehead atoms. The Balaban J connectivity index is 2.17. The Bertz CT molecular complexity index is 754. The van der Waals surface area contributed by atoms with Crippen LogP contribution in [0.1, 0.15) is 17.5 Å². The van der Waals surface area contributed by atoms with Gasteiger partial charge in [0.05, 0.1) is 11.9 Å². The minimum Gasteiger partial charge on any atom is -0.326 e. The highest BCUT2D eigenvalue weighted by Gasteiger charge is 2.32. The number of nitrogens with two attached hydrogens (primary N) is 1. The molecule has 2 heterocycles. The van der Waals surface area contributed by atoms with Crippen molar-refractivity contribution in [2.45, 2.75) is 24.4 Å². The number of aromatic nitrogens is 3. The number of sulfonamides is 1. The van der Waals surface area contributed by atoms with Crippen molar-refractivity contribution in [2.24, 2.45) is 12.8 Å². The average molecular weight is 307 g/mol. The minimum absolute atomic E-state index is 0.0853. The number of anilines is 1. The molecule has 0 unspecified atom stereocenters. The van der Waals surface area contributed by atoms with Crippen LogP contribution < -0.4 is 10.0 Å². The molecule has 2 N–H and O–H groups in total. The van der Waals surface area contributed by atoms with Crippen molar-refractivity contribution >= 4 is 15.7 Å². The lowest BCUT2D eigenvalue weighted by Crippen LogP contribution is -2.37. The molecule has 0 aliphatic carbocycles. The van der Waals surface area contributed by atoms with Crippen molar-refractivity contribution in [1.29, 1.82) is 0 Å². The summed E-state index contributed by atoms with van der Waals surface area (Å²) in [5.74, 6) is 0. The Morgan fingerprint density at radius 1 is 1.38 bits per heavy atom. The van der Waals surface area contributed by atoms with Crippen LogP contribution in [0.25, 0.3) is 0 Å². The van der Waals surface area contributed by atoms with Crippen LogP contribution in [0.3, 0.4) is 0 Å². The molecule has 7 nitrogen and oxygen atoms in total. The molecule has 21 heavy (non-hydrogen) atoms. The van der Waals surface area contributed by atoms with Gasteiger partial charge >= 0.3 is 0 Å². The Hall–Kier alpha value is -1.93. The van der Waals surface area contributed by atoms with Gasteiger partial charge in [0.1, 0.15) is 0 Å². The van der Waals surface area contributed by atoms with Gasteiger partial charge in [0, 0.05) is 20.1 Å². The number of para-hydroxylation sites is 1. The molecule has 0 radical (unpaired) electrons. The highest BCUT2D eigenvalue weighted by Crippen LogP contribution is 2.34. The van der Waals surface area contributed by atoms with E-state index in [1.165, 1.54) is 15.2 Å². The maximum Gasteiger partial charge on any atom is 0.283 e. The van der Waals surface area contributed by atoms with Gasteiger partial charge in [0.25, 0.3) is 10.0 Å². The van der Waals surface area contributed by atoms with Gasteiger partial charge in [0.2, 0.25) is 0 Å². The van der Waals surface area contributed by atoms with Crippen molar-refractivity contribution in [3.8, 4) is 0 Å². The largest absolute Gasteiger partial charge is 0.326 e. The number of rotatable bonds is 3. The van der Waals surface area contributed by atoms with Gasteiger partial charge in [0.15, 0.2) is 5.03 Å². The number of fused-ring (bicyclic) bond motifs is 1. The van der Waals surface area contributed by atoms with E-state index in [0.29, 0.717) is 18.8 Å². The zero-order valence-corrected chi connectivity index (χ0v) is 12.5. The van der Waals surface area contributed by atoms with E-state index in [0.717, 1.165) is 24.0 Å². The van der Waals surface area contributed by atoms with Crippen molar-refractivity contribution in [1.82, 2.24) is 15.0 Å². The molecule has 0 fully saturated rings. The molecule has 1 aliphatic heterocycles. The highest BCUT2D eigenvalue weighted by molar-refractivity contribution is 7.92. The lowest BCUT2D eigenvalue weighted by Gasteiger charge is -2.32. The van der Waals surface area contributed by atoms with Gasteiger partial charge < -0.3 is 5.73 Å². The Morgan fingerprint density at radius 2 is 2.19 bits per heavy atom. The fraction of sp³-hybridized carbons (Fsp3) is 0.385. The van der Waals surface area contributed by atoms with Gasteiger partial charge in [-0.2, -0.15) is 8.42 Å². The maximum atomic E-state index is 12.9. The van der Waals surface area contributed by atoms with E-state index in [-0.39, 0.29) is 5.03 Å². The first-order valence-electron chi connectivity index (χ1n) is 6.74. The second-order valence-corrected chi connectivity index (χ2v) is 6.81. The lowest BCUT2D eigenvalue weighted by molar-refractivity contribution is 0.566. The summed E-state index contributed by atoms with van der Waals surface area (Å²) in [7, 11) is -2.11. The van der Waals surface area contributed by atoms with Crippen LogP contribution in [0.5, 0.6) is 0 Å². The predicted octanol–water partition coefficient (Wildman–Crippen LogP) is 0.415. The van der Waals surface area contributed by atoms with Crippen LogP contribution in [-0.4, -0.2) is 30.0 Å². The summed E-state index contributed by atoms with van der Waals surface area (Å²) in [5.41, 5.74) is 8.35. The molecule has 1 aromatic carbocycles. The van der Waals surface area contributed by atoms with Crippen LogP contribution in [0.15, 0.2) is 29.4 Å². The molecule has 0 saturated heterocycles. The summed E-state index contributed by atoms with van der Waals surface area (Å²) in [6.07, 6.45) is 2.92. The number of aryl methyl sites for hydroxylation is 2. The molecule has 0 saturated carbocycles. The number of hydrogen-bond acceptors (Lipinski definition) is 5. The molecule has 0 amide bonds. The average Bonchev–Trinajstić information content (AvgIpc) is 2.92. The SMILES string of the molecule is Cn1nncc1S(=O)(=O)N1CCCc2cccc(CN)c21. The summed E-state index contributed by atoms with van der Waals surface area (Å²) in [5, 5.41) is 7.46. The van der Waals surface area contributed by atoms with Gasteiger partial charge in [-0.05, 0) is 24.0 Å². The normalized spacial score (nSPS) is 15.0. The van der Waals surface area contributed by atoms with E-state index in [2.05, 4.69) is 10.3 Å². The van der Waals surface area contributed by atoms with Crippen molar-refractivity contribution in [3.63, 3.8) is 0 Å². The van der Waals surface area contributed by atoms with Crippen LogP contribution in [-0.2, 0) is 30.0 Å². The molecule has 112 valence electrons. The van der Waals surface area contributed by atoms with Crippen molar-refractivity contribution in [2.75, 3.05) is 10.8 Å². The van der Waals surface area contributed by atoms with Crippen molar-refractivity contribution < 1.29 is 8.42 Å². The third-order valence-corrected chi connectivity index (χ3v) is 5.55. The monoisotopic (exact) mass is 307 g/mol. The molecule has 8 heteroatoms. The summed E-state index contributed by atoms with van der Waals surface area (Å²) >= 11 is 0. The first-order chi connectivity index (χ1) is 10.1. The summed E-state index contributed by atoms with van der Waals surface area (Å²) < 4.78 is 28.5. The molecule has 0 spiro atoms. The van der Waals surface area contributed by atoms with E-state index >= 15 is 0 Å². The van der Waals surface area contributed by atoms with E-state index < -0.39 is 10.0 Å². The van der Waals surface area contributed by atoms with E-state index in [9.17, 15) is 8.42 Å². The fourth-order valence-electron chi connectivity index (χ4n) is 2.72. The lowest BCUT2D eigenvalue weighted by atomic mass is 9.99. The Morgan fingerprint density at radius 3 is 2.86 bits per heavy atom. The minimum atomic E-state index is -3.68. The standard InChI is InChI=1S/C13H17N5O2S/c1-17-12(9-15-16-17)21(19,20)18-7-3-6-10-4-2-5-11(8-14)13(10)18/h2,4-5,9H,3,6-8,14H2,1H3. The van der Waals surface area contributed by atoms with Crippen molar-refractivity contribution in [3.05, 3.63) is 35.5 Å². The highest BCUT2D eigenvalue weighted by atomic mass is 32.2. The summed E-state index contributed by atoms with van der Waals surface area (Å²) in [4.78, 5) is 0. The third-order valence-electron chi connectivity index (χ3n) is 3.71. The topological polar surface area (TPSA) is 94.1 Å². The third kappa shape index (κ3) is 2.20. The fourth-order valence-corrected chi connectivity index (χ4v) is 4.34.